The van der Waals surface area contributed by atoms with Crippen molar-refractivity contribution in [3.63, 3.8) is 0 Å². The van der Waals surface area contributed by atoms with Crippen LogP contribution in [0, 0.1) is 0 Å². The second-order valence-corrected chi connectivity index (χ2v) is 3.48. The van der Waals surface area contributed by atoms with Gasteiger partial charge in [-0.25, -0.2) is 0 Å². The van der Waals surface area contributed by atoms with Crippen molar-refractivity contribution in [2.45, 2.75) is 6.18 Å². The topological polar surface area (TPSA) is 48.1 Å². The van der Waals surface area contributed by atoms with Gasteiger partial charge in [-0.1, -0.05) is 0 Å². The molecule has 0 unspecified atom stereocenters. The maximum absolute atomic E-state index is 12.0. The van der Waals surface area contributed by atoms with E-state index in [1.165, 1.54) is 12.3 Å². The lowest BCUT2D eigenvalue weighted by molar-refractivity contribution is -0.153. The van der Waals surface area contributed by atoms with Crippen LogP contribution in [0.4, 0.5) is 18.9 Å². The number of pyridine rings is 1. The molecule has 0 aliphatic rings. The van der Waals surface area contributed by atoms with Gasteiger partial charge in [0.25, 0.3) is 0 Å². The van der Waals surface area contributed by atoms with E-state index in [-0.39, 0.29) is 11.4 Å². The highest BCUT2D eigenvalue weighted by Gasteiger charge is 2.28. The van der Waals surface area contributed by atoms with E-state index in [4.69, 9.17) is 5.73 Å². The molecule has 2 N–H and O–H groups in total. The third kappa shape index (κ3) is 2.58. The molecular weight excluding hydrogens is 233 g/mol. The van der Waals surface area contributed by atoms with E-state index in [2.05, 4.69) is 9.72 Å². The Labute approximate surface area is 95.0 Å². The van der Waals surface area contributed by atoms with E-state index in [1.807, 2.05) is 0 Å². The number of hydrogen-bond donors (Lipinski definition) is 1. The molecular formula is C11H9F3N2O. The number of nitrogens with zero attached hydrogens (tertiary/aromatic N) is 1. The van der Waals surface area contributed by atoms with Gasteiger partial charge in [0.2, 0.25) is 0 Å². The summed E-state index contributed by atoms with van der Waals surface area (Å²) in [5.74, 6) is 0.0287. The molecule has 0 amide bonds. The van der Waals surface area contributed by atoms with Gasteiger partial charge in [0.1, 0.15) is 5.75 Å². The summed E-state index contributed by atoms with van der Waals surface area (Å²) in [6.07, 6.45) is -1.27. The first kappa shape index (κ1) is 11.5. The zero-order valence-corrected chi connectivity index (χ0v) is 8.66. The smallest absolute Gasteiger partial charge is 0.422 e. The Morgan fingerprint density at radius 1 is 1.24 bits per heavy atom. The highest BCUT2D eigenvalue weighted by atomic mass is 19.4. The Morgan fingerprint density at radius 3 is 2.71 bits per heavy atom. The van der Waals surface area contributed by atoms with Crippen LogP contribution in [-0.4, -0.2) is 17.8 Å². The fourth-order valence-electron chi connectivity index (χ4n) is 1.46. The maximum Gasteiger partial charge on any atom is 0.422 e. The molecule has 0 aliphatic carbocycles. The normalized spacial score (nSPS) is 11.7. The standard InChI is InChI=1S/C11H9F3N2O/c12-11(13,14)6-17-9-2-1-7-5-16-4-3-8(7)10(9)15/h1-5H,6,15H2. The highest BCUT2D eigenvalue weighted by molar-refractivity contribution is 5.95. The van der Waals surface area contributed by atoms with Crippen molar-refractivity contribution in [3.8, 4) is 5.75 Å². The molecule has 0 saturated heterocycles. The minimum Gasteiger partial charge on any atom is -0.482 e. The Hall–Kier alpha value is -1.98. The van der Waals surface area contributed by atoms with Gasteiger partial charge < -0.3 is 10.5 Å². The molecule has 0 atom stereocenters. The predicted octanol–water partition coefficient (Wildman–Crippen LogP) is 2.76. The average molecular weight is 242 g/mol. The van der Waals surface area contributed by atoms with Gasteiger partial charge in [0, 0.05) is 23.2 Å². The second kappa shape index (κ2) is 4.12. The molecule has 0 saturated carbocycles. The molecule has 6 heteroatoms. The van der Waals surface area contributed by atoms with Crippen LogP contribution in [0.2, 0.25) is 0 Å². The minimum absolute atomic E-state index is 0.0287. The lowest BCUT2D eigenvalue weighted by Gasteiger charge is -2.12. The number of hydrogen-bond acceptors (Lipinski definition) is 3. The summed E-state index contributed by atoms with van der Waals surface area (Å²) < 4.78 is 40.7. The Bertz CT molecular complexity index is 540. The molecule has 0 bridgehead atoms. The molecule has 1 aromatic carbocycles. The summed E-state index contributed by atoms with van der Waals surface area (Å²) >= 11 is 0. The zero-order valence-electron chi connectivity index (χ0n) is 8.66. The van der Waals surface area contributed by atoms with Crippen molar-refractivity contribution in [1.82, 2.24) is 4.98 Å². The molecule has 2 rings (SSSR count). The van der Waals surface area contributed by atoms with Crippen molar-refractivity contribution in [3.05, 3.63) is 30.6 Å². The number of benzene rings is 1. The van der Waals surface area contributed by atoms with Crippen molar-refractivity contribution in [2.24, 2.45) is 0 Å². The Morgan fingerprint density at radius 2 is 2.00 bits per heavy atom. The predicted molar refractivity (Wildman–Crippen MR) is 57.7 cm³/mol. The van der Waals surface area contributed by atoms with Crippen LogP contribution in [0.3, 0.4) is 0 Å². The second-order valence-electron chi connectivity index (χ2n) is 3.48. The fourth-order valence-corrected chi connectivity index (χ4v) is 1.46. The summed E-state index contributed by atoms with van der Waals surface area (Å²) in [7, 11) is 0. The summed E-state index contributed by atoms with van der Waals surface area (Å²) in [6.45, 7) is -1.35. The number of ether oxygens (including phenoxy) is 1. The number of halogens is 3. The number of fused-ring (bicyclic) bond motifs is 1. The average Bonchev–Trinajstić information content (AvgIpc) is 2.27. The minimum atomic E-state index is -4.38. The molecule has 0 radical (unpaired) electrons. The quantitative estimate of drug-likeness (QED) is 0.824. The monoisotopic (exact) mass is 242 g/mol. The summed E-state index contributed by atoms with van der Waals surface area (Å²) in [6, 6.07) is 4.65. The van der Waals surface area contributed by atoms with Gasteiger partial charge in [0.05, 0.1) is 5.69 Å². The summed E-state index contributed by atoms with van der Waals surface area (Å²) in [5, 5.41) is 1.38. The van der Waals surface area contributed by atoms with Crippen LogP contribution in [0.1, 0.15) is 0 Å². The number of nitrogen functional groups attached to an aromatic ring is 1. The van der Waals surface area contributed by atoms with Gasteiger partial charge >= 0.3 is 6.18 Å². The molecule has 3 nitrogen and oxygen atoms in total. The van der Waals surface area contributed by atoms with Crippen molar-refractivity contribution in [1.29, 1.82) is 0 Å². The van der Waals surface area contributed by atoms with Crippen molar-refractivity contribution < 1.29 is 17.9 Å². The third-order valence-corrected chi connectivity index (χ3v) is 2.21. The van der Waals surface area contributed by atoms with E-state index < -0.39 is 12.8 Å². The molecule has 0 spiro atoms. The third-order valence-electron chi connectivity index (χ3n) is 2.21. The number of alkyl halides is 3. The SMILES string of the molecule is Nc1c(OCC(F)(F)F)ccc2cnccc12. The molecule has 1 heterocycles. The lowest BCUT2D eigenvalue weighted by Crippen LogP contribution is -2.19. The van der Waals surface area contributed by atoms with Crippen LogP contribution in [0.25, 0.3) is 10.8 Å². The molecule has 0 aliphatic heterocycles. The van der Waals surface area contributed by atoms with Crippen molar-refractivity contribution in [2.75, 3.05) is 12.3 Å². The summed E-state index contributed by atoms with van der Waals surface area (Å²) in [5.41, 5.74) is 5.92. The lowest BCUT2D eigenvalue weighted by atomic mass is 10.1. The van der Waals surface area contributed by atoms with E-state index in [1.54, 1.807) is 18.3 Å². The first-order valence-electron chi connectivity index (χ1n) is 4.79. The fraction of sp³-hybridized carbons (Fsp3) is 0.182. The highest BCUT2D eigenvalue weighted by Crippen LogP contribution is 2.31. The van der Waals surface area contributed by atoms with Crippen molar-refractivity contribution >= 4 is 16.5 Å². The van der Waals surface area contributed by atoms with E-state index in [0.29, 0.717) is 5.39 Å². The number of anilines is 1. The number of nitrogens with two attached hydrogens (primary N) is 1. The van der Waals surface area contributed by atoms with E-state index in [0.717, 1.165) is 5.39 Å². The molecule has 17 heavy (non-hydrogen) atoms. The van der Waals surface area contributed by atoms with E-state index in [9.17, 15) is 13.2 Å². The first-order chi connectivity index (χ1) is 7.97. The Kier molecular flexibility index (Phi) is 2.79. The zero-order chi connectivity index (χ0) is 12.5. The number of rotatable bonds is 2. The van der Waals surface area contributed by atoms with Gasteiger partial charge in [-0.3, -0.25) is 4.98 Å². The van der Waals surface area contributed by atoms with Crippen LogP contribution in [0.5, 0.6) is 5.75 Å². The first-order valence-corrected chi connectivity index (χ1v) is 4.79. The molecule has 90 valence electrons. The van der Waals surface area contributed by atoms with Crippen LogP contribution < -0.4 is 10.5 Å². The summed E-state index contributed by atoms with van der Waals surface area (Å²) in [4.78, 5) is 3.89. The van der Waals surface area contributed by atoms with Crippen LogP contribution >= 0.6 is 0 Å². The largest absolute Gasteiger partial charge is 0.482 e. The van der Waals surface area contributed by atoms with Gasteiger partial charge in [-0.2, -0.15) is 13.2 Å². The van der Waals surface area contributed by atoms with Gasteiger partial charge in [0.15, 0.2) is 6.61 Å². The van der Waals surface area contributed by atoms with Gasteiger partial charge in [-0.05, 0) is 18.2 Å². The van der Waals surface area contributed by atoms with E-state index >= 15 is 0 Å². The maximum atomic E-state index is 12.0. The van der Waals surface area contributed by atoms with Crippen LogP contribution in [-0.2, 0) is 0 Å². The Balaban J connectivity index is 2.33. The molecule has 1 aromatic heterocycles. The van der Waals surface area contributed by atoms with Crippen LogP contribution in [0.15, 0.2) is 30.6 Å². The van der Waals surface area contributed by atoms with Gasteiger partial charge in [-0.15, -0.1) is 0 Å². The number of aromatic nitrogens is 1. The molecule has 0 fully saturated rings. The molecule has 2 aromatic rings.